The highest BCUT2D eigenvalue weighted by Gasteiger charge is 1.98. The molecule has 84 valence electrons. The van der Waals surface area contributed by atoms with Crippen LogP contribution in [-0.2, 0) is 6.42 Å². The number of hydrogen-bond acceptors (Lipinski definition) is 5. The van der Waals surface area contributed by atoms with E-state index in [-0.39, 0.29) is 0 Å². The Morgan fingerprint density at radius 1 is 1.44 bits per heavy atom. The lowest BCUT2D eigenvalue weighted by Crippen LogP contribution is -2.07. The van der Waals surface area contributed by atoms with Gasteiger partial charge in [0, 0.05) is 18.3 Å². The summed E-state index contributed by atoms with van der Waals surface area (Å²) in [5, 5.41) is 5.31. The van der Waals surface area contributed by atoms with Crippen molar-refractivity contribution in [3.05, 3.63) is 34.4 Å². The highest BCUT2D eigenvalue weighted by atomic mass is 32.1. The number of nitrogen functional groups attached to an aromatic ring is 1. The van der Waals surface area contributed by atoms with Gasteiger partial charge >= 0.3 is 0 Å². The van der Waals surface area contributed by atoms with Crippen LogP contribution in [0.5, 0.6) is 0 Å². The van der Waals surface area contributed by atoms with Crippen molar-refractivity contribution in [2.75, 3.05) is 17.6 Å². The number of nitrogens with zero attached hydrogens (tertiary/aromatic N) is 2. The molecule has 0 spiro atoms. The summed E-state index contributed by atoms with van der Waals surface area (Å²) in [6.07, 6.45) is 2.59. The Balaban J connectivity index is 1.87. The van der Waals surface area contributed by atoms with Crippen LogP contribution in [0.4, 0.5) is 11.5 Å². The summed E-state index contributed by atoms with van der Waals surface area (Å²) < 4.78 is 0. The van der Waals surface area contributed by atoms with Crippen LogP contribution >= 0.6 is 11.3 Å². The van der Waals surface area contributed by atoms with E-state index in [9.17, 15) is 0 Å². The predicted molar refractivity (Wildman–Crippen MR) is 67.7 cm³/mol. The molecule has 3 N–H and O–H groups in total. The maximum Gasteiger partial charge on any atom is 0.126 e. The van der Waals surface area contributed by atoms with Crippen molar-refractivity contribution >= 4 is 22.8 Å². The summed E-state index contributed by atoms with van der Waals surface area (Å²) in [4.78, 5) is 8.42. The van der Waals surface area contributed by atoms with Crippen LogP contribution in [0.25, 0.3) is 0 Å². The van der Waals surface area contributed by atoms with Gasteiger partial charge in [-0.25, -0.2) is 9.97 Å². The molecular formula is C11H14N4S. The fourth-order valence-electron chi connectivity index (χ4n) is 1.34. The number of thiazole rings is 1. The third-order valence-electron chi connectivity index (χ3n) is 2.32. The van der Waals surface area contributed by atoms with Crippen LogP contribution in [0.1, 0.15) is 11.3 Å². The van der Waals surface area contributed by atoms with Gasteiger partial charge in [0.25, 0.3) is 0 Å². The second-order valence-electron chi connectivity index (χ2n) is 3.58. The van der Waals surface area contributed by atoms with E-state index in [1.807, 2.05) is 18.5 Å². The predicted octanol–water partition coefficient (Wildman–Crippen LogP) is 2.08. The Bertz CT molecular complexity index is 453. The van der Waals surface area contributed by atoms with E-state index in [1.165, 1.54) is 0 Å². The zero-order valence-electron chi connectivity index (χ0n) is 9.10. The molecule has 0 amide bonds. The molecular weight excluding hydrogens is 220 g/mol. The van der Waals surface area contributed by atoms with E-state index >= 15 is 0 Å². The van der Waals surface area contributed by atoms with Crippen molar-refractivity contribution in [2.45, 2.75) is 13.3 Å². The first-order chi connectivity index (χ1) is 7.75. The topological polar surface area (TPSA) is 63.8 Å². The molecule has 0 atom stereocenters. The Labute approximate surface area is 98.6 Å². The molecule has 0 saturated carbocycles. The fourth-order valence-corrected chi connectivity index (χ4v) is 1.94. The van der Waals surface area contributed by atoms with Crippen molar-refractivity contribution in [3.8, 4) is 0 Å². The molecule has 0 aliphatic rings. The molecule has 0 radical (unpaired) electrons. The quantitative estimate of drug-likeness (QED) is 0.850. The van der Waals surface area contributed by atoms with E-state index in [2.05, 4.69) is 20.7 Å². The average Bonchev–Trinajstić information content (AvgIpc) is 2.76. The van der Waals surface area contributed by atoms with Gasteiger partial charge in [0.2, 0.25) is 0 Å². The Morgan fingerprint density at radius 2 is 2.31 bits per heavy atom. The molecule has 0 aliphatic carbocycles. The van der Waals surface area contributed by atoms with Gasteiger partial charge in [-0.05, 0) is 18.6 Å². The Hall–Kier alpha value is -1.62. The van der Waals surface area contributed by atoms with Crippen molar-refractivity contribution in [3.63, 3.8) is 0 Å². The molecule has 0 unspecified atom stereocenters. The second kappa shape index (κ2) is 4.94. The van der Waals surface area contributed by atoms with Gasteiger partial charge in [0.1, 0.15) is 5.82 Å². The molecule has 2 heterocycles. The van der Waals surface area contributed by atoms with E-state index in [4.69, 9.17) is 5.73 Å². The molecule has 5 heteroatoms. The highest BCUT2D eigenvalue weighted by molar-refractivity contribution is 7.07. The lowest BCUT2D eigenvalue weighted by atomic mass is 10.2. The Morgan fingerprint density at radius 3 is 3.00 bits per heavy atom. The molecule has 0 fully saturated rings. The molecule has 0 aliphatic heterocycles. The first kappa shape index (κ1) is 10.9. The van der Waals surface area contributed by atoms with E-state index in [1.54, 1.807) is 17.5 Å². The van der Waals surface area contributed by atoms with Crippen molar-refractivity contribution in [1.82, 2.24) is 9.97 Å². The van der Waals surface area contributed by atoms with Crippen LogP contribution < -0.4 is 11.1 Å². The van der Waals surface area contributed by atoms with Gasteiger partial charge < -0.3 is 11.1 Å². The summed E-state index contributed by atoms with van der Waals surface area (Å²) in [5.74, 6) is 0.863. The number of nitrogens with one attached hydrogen (secondary N) is 1. The Kier molecular flexibility index (Phi) is 3.36. The summed E-state index contributed by atoms with van der Waals surface area (Å²) >= 11 is 1.62. The standard InChI is InChI=1S/C11H14N4S/c1-8-4-11(14-5-10(8)12)13-3-2-9-6-16-7-15-9/h4-7H,2-3,12H2,1H3,(H,13,14). The summed E-state index contributed by atoms with van der Waals surface area (Å²) in [6, 6.07) is 1.95. The first-order valence-corrected chi connectivity index (χ1v) is 6.03. The normalized spacial score (nSPS) is 10.3. The molecule has 2 aromatic heterocycles. The smallest absolute Gasteiger partial charge is 0.126 e. The average molecular weight is 234 g/mol. The zero-order chi connectivity index (χ0) is 11.4. The van der Waals surface area contributed by atoms with Gasteiger partial charge in [0.15, 0.2) is 0 Å². The van der Waals surface area contributed by atoms with E-state index in [0.717, 1.165) is 35.7 Å². The SMILES string of the molecule is Cc1cc(NCCc2cscn2)ncc1N. The highest BCUT2D eigenvalue weighted by Crippen LogP contribution is 2.13. The molecule has 2 rings (SSSR count). The minimum Gasteiger partial charge on any atom is -0.397 e. The molecule has 16 heavy (non-hydrogen) atoms. The summed E-state index contributed by atoms with van der Waals surface area (Å²) in [7, 11) is 0. The maximum atomic E-state index is 5.70. The number of hydrogen-bond donors (Lipinski definition) is 2. The fraction of sp³-hybridized carbons (Fsp3) is 0.273. The van der Waals surface area contributed by atoms with Gasteiger partial charge in [-0.2, -0.15) is 0 Å². The van der Waals surface area contributed by atoms with E-state index in [0.29, 0.717) is 0 Å². The number of rotatable bonds is 4. The number of nitrogens with two attached hydrogens (primary N) is 1. The monoisotopic (exact) mass is 234 g/mol. The van der Waals surface area contributed by atoms with Crippen LogP contribution in [0.2, 0.25) is 0 Å². The lowest BCUT2D eigenvalue weighted by Gasteiger charge is -2.06. The minimum absolute atomic E-state index is 0.727. The number of pyridine rings is 1. The number of anilines is 2. The summed E-state index contributed by atoms with van der Waals surface area (Å²) in [5.41, 5.74) is 10.4. The van der Waals surface area contributed by atoms with Crippen LogP contribution in [0.3, 0.4) is 0 Å². The minimum atomic E-state index is 0.727. The summed E-state index contributed by atoms with van der Waals surface area (Å²) in [6.45, 7) is 2.81. The third-order valence-corrected chi connectivity index (χ3v) is 2.96. The van der Waals surface area contributed by atoms with E-state index < -0.39 is 0 Å². The number of aromatic nitrogens is 2. The lowest BCUT2D eigenvalue weighted by molar-refractivity contribution is 0.968. The second-order valence-corrected chi connectivity index (χ2v) is 4.30. The largest absolute Gasteiger partial charge is 0.397 e. The van der Waals surface area contributed by atoms with Crippen LogP contribution in [0.15, 0.2) is 23.2 Å². The van der Waals surface area contributed by atoms with Crippen molar-refractivity contribution in [2.24, 2.45) is 0 Å². The first-order valence-electron chi connectivity index (χ1n) is 5.09. The van der Waals surface area contributed by atoms with Gasteiger partial charge in [0.05, 0.1) is 23.1 Å². The zero-order valence-corrected chi connectivity index (χ0v) is 9.92. The van der Waals surface area contributed by atoms with Gasteiger partial charge in [-0.15, -0.1) is 11.3 Å². The van der Waals surface area contributed by atoms with Gasteiger partial charge in [-0.3, -0.25) is 0 Å². The van der Waals surface area contributed by atoms with Gasteiger partial charge in [-0.1, -0.05) is 0 Å². The molecule has 0 bridgehead atoms. The number of aryl methyl sites for hydroxylation is 1. The van der Waals surface area contributed by atoms with Crippen LogP contribution in [0, 0.1) is 6.92 Å². The van der Waals surface area contributed by atoms with Crippen molar-refractivity contribution in [1.29, 1.82) is 0 Å². The van der Waals surface area contributed by atoms with Crippen molar-refractivity contribution < 1.29 is 0 Å². The van der Waals surface area contributed by atoms with Crippen LogP contribution in [-0.4, -0.2) is 16.5 Å². The molecule has 2 aromatic rings. The molecule has 0 saturated heterocycles. The molecule has 0 aromatic carbocycles. The third kappa shape index (κ3) is 2.70. The maximum absolute atomic E-state index is 5.70. The molecule has 4 nitrogen and oxygen atoms in total.